The van der Waals surface area contributed by atoms with Crippen LogP contribution in [0.25, 0.3) is 0 Å². The van der Waals surface area contributed by atoms with Crippen LogP contribution in [0, 0.1) is 10.1 Å². The predicted molar refractivity (Wildman–Crippen MR) is 67.2 cm³/mol. The van der Waals surface area contributed by atoms with E-state index in [-0.39, 0.29) is 12.3 Å². The van der Waals surface area contributed by atoms with Crippen LogP contribution >= 0.6 is 15.9 Å². The highest BCUT2D eigenvalue weighted by Gasteiger charge is 2.09. The first-order valence-corrected chi connectivity index (χ1v) is 6.11. The molecule has 0 radical (unpaired) electrons. The van der Waals surface area contributed by atoms with Crippen LogP contribution in [0.4, 0.5) is 5.69 Å². The lowest BCUT2D eigenvalue weighted by molar-refractivity contribution is -0.385. The zero-order valence-electron chi connectivity index (χ0n) is 9.26. The van der Waals surface area contributed by atoms with E-state index in [1.807, 2.05) is 0 Å². The van der Waals surface area contributed by atoms with Gasteiger partial charge in [0.15, 0.2) is 0 Å². The van der Waals surface area contributed by atoms with Gasteiger partial charge in [0.05, 0.1) is 17.6 Å². The van der Waals surface area contributed by atoms with Crippen LogP contribution in [-0.2, 0) is 0 Å². The van der Waals surface area contributed by atoms with Gasteiger partial charge in [-0.05, 0) is 25.3 Å². The number of unbranched alkanes of at least 4 members (excludes halogenated alkanes) is 2. The summed E-state index contributed by atoms with van der Waals surface area (Å²) >= 11 is 3.20. The summed E-state index contributed by atoms with van der Waals surface area (Å²) in [6.07, 6.45) is 2.45. The first kappa shape index (κ1) is 13.9. The molecule has 0 spiro atoms. The average molecular weight is 304 g/mol. The molecule has 0 bridgehead atoms. The van der Waals surface area contributed by atoms with Crippen molar-refractivity contribution in [2.45, 2.75) is 19.3 Å². The Morgan fingerprint density at radius 1 is 1.29 bits per heavy atom. The molecular formula is C11H14BrNO4. The molecule has 1 aromatic rings. The topological polar surface area (TPSA) is 72.6 Å². The lowest BCUT2D eigenvalue weighted by Gasteiger charge is -2.06. The van der Waals surface area contributed by atoms with Crippen LogP contribution in [0.1, 0.15) is 19.3 Å². The number of nitrogens with zero attached hydrogens (tertiary/aromatic N) is 1. The molecule has 17 heavy (non-hydrogen) atoms. The van der Waals surface area contributed by atoms with E-state index in [9.17, 15) is 10.1 Å². The smallest absolute Gasteiger partial charge is 0.274 e. The molecule has 0 unspecified atom stereocenters. The fourth-order valence-corrected chi connectivity index (χ4v) is 1.78. The fourth-order valence-electron chi connectivity index (χ4n) is 1.32. The van der Waals surface area contributed by atoms with Crippen LogP contribution in [0.15, 0.2) is 22.7 Å². The number of aliphatic hydroxyl groups excluding tert-OH is 1. The minimum absolute atomic E-state index is 0.00438. The molecule has 0 saturated heterocycles. The average Bonchev–Trinajstić information content (AvgIpc) is 2.28. The van der Waals surface area contributed by atoms with Crippen molar-refractivity contribution in [2.24, 2.45) is 0 Å². The summed E-state index contributed by atoms with van der Waals surface area (Å²) in [7, 11) is 0. The Morgan fingerprint density at radius 3 is 2.71 bits per heavy atom. The molecule has 0 fully saturated rings. The van der Waals surface area contributed by atoms with Gasteiger partial charge in [-0.15, -0.1) is 0 Å². The number of hydrogen-bond acceptors (Lipinski definition) is 4. The van der Waals surface area contributed by atoms with Crippen molar-refractivity contribution in [2.75, 3.05) is 13.2 Å². The van der Waals surface area contributed by atoms with E-state index in [4.69, 9.17) is 9.84 Å². The van der Waals surface area contributed by atoms with E-state index < -0.39 is 4.92 Å². The fraction of sp³-hybridized carbons (Fsp3) is 0.455. The van der Waals surface area contributed by atoms with Gasteiger partial charge in [-0.1, -0.05) is 15.9 Å². The Hall–Kier alpha value is -1.14. The largest absolute Gasteiger partial charge is 0.493 e. The van der Waals surface area contributed by atoms with E-state index in [0.717, 1.165) is 19.3 Å². The van der Waals surface area contributed by atoms with Crippen molar-refractivity contribution in [1.82, 2.24) is 0 Å². The van der Waals surface area contributed by atoms with Crippen LogP contribution in [0.5, 0.6) is 5.75 Å². The molecule has 0 heterocycles. The third kappa shape index (κ3) is 5.14. The summed E-state index contributed by atoms with van der Waals surface area (Å²) in [6, 6.07) is 4.52. The maximum atomic E-state index is 10.6. The van der Waals surface area contributed by atoms with Gasteiger partial charge in [-0.2, -0.15) is 0 Å². The molecule has 0 aliphatic carbocycles. The van der Waals surface area contributed by atoms with Gasteiger partial charge in [-0.3, -0.25) is 10.1 Å². The zero-order chi connectivity index (χ0) is 12.7. The van der Waals surface area contributed by atoms with Gasteiger partial charge in [0.1, 0.15) is 5.75 Å². The molecule has 0 saturated carbocycles. The van der Waals surface area contributed by atoms with E-state index in [0.29, 0.717) is 16.8 Å². The molecule has 0 aromatic heterocycles. The van der Waals surface area contributed by atoms with Crippen molar-refractivity contribution < 1.29 is 14.8 Å². The molecule has 0 aliphatic heterocycles. The summed E-state index contributed by atoms with van der Waals surface area (Å²) in [5.74, 6) is 0.482. The maximum Gasteiger partial charge on any atom is 0.274 e. The molecule has 1 N–H and O–H groups in total. The second-order valence-corrected chi connectivity index (χ2v) is 4.45. The van der Waals surface area contributed by atoms with E-state index in [1.165, 1.54) is 12.1 Å². The summed E-state index contributed by atoms with van der Waals surface area (Å²) in [5, 5.41) is 19.2. The Kier molecular flexibility index (Phi) is 5.93. The van der Waals surface area contributed by atoms with E-state index in [2.05, 4.69) is 15.9 Å². The molecule has 1 rings (SSSR count). The van der Waals surface area contributed by atoms with Crippen molar-refractivity contribution in [1.29, 1.82) is 0 Å². The Labute approximate surface area is 108 Å². The second-order valence-electron chi connectivity index (χ2n) is 3.53. The van der Waals surface area contributed by atoms with Crippen molar-refractivity contribution >= 4 is 21.6 Å². The summed E-state index contributed by atoms with van der Waals surface area (Å²) in [6.45, 7) is 0.677. The van der Waals surface area contributed by atoms with E-state index >= 15 is 0 Å². The standard InChI is InChI=1S/C11H14BrNO4/c12-9-6-10(13(15)16)8-11(7-9)17-5-3-1-2-4-14/h6-8,14H,1-5H2. The SMILES string of the molecule is O=[N+]([O-])c1cc(Br)cc(OCCCCCO)c1. The van der Waals surface area contributed by atoms with Crippen LogP contribution in [-0.4, -0.2) is 23.2 Å². The normalized spacial score (nSPS) is 10.2. The van der Waals surface area contributed by atoms with Gasteiger partial charge < -0.3 is 9.84 Å². The molecule has 0 aliphatic rings. The maximum absolute atomic E-state index is 10.6. The quantitative estimate of drug-likeness (QED) is 0.477. The summed E-state index contributed by atoms with van der Waals surface area (Å²) in [5.41, 5.74) is 0.00438. The first-order valence-electron chi connectivity index (χ1n) is 5.32. The third-order valence-corrected chi connectivity index (χ3v) is 2.60. The minimum atomic E-state index is -0.455. The number of non-ortho nitro benzene ring substituents is 1. The first-order chi connectivity index (χ1) is 8.13. The Balaban J connectivity index is 2.50. The minimum Gasteiger partial charge on any atom is -0.493 e. The lowest BCUT2D eigenvalue weighted by atomic mass is 10.2. The second kappa shape index (κ2) is 7.24. The summed E-state index contributed by atoms with van der Waals surface area (Å²) < 4.78 is 6.03. The van der Waals surface area contributed by atoms with Crippen LogP contribution in [0.2, 0.25) is 0 Å². The van der Waals surface area contributed by atoms with E-state index in [1.54, 1.807) is 6.07 Å². The Morgan fingerprint density at radius 2 is 2.06 bits per heavy atom. The van der Waals surface area contributed by atoms with Crippen LogP contribution < -0.4 is 4.74 Å². The number of rotatable bonds is 7. The molecule has 0 amide bonds. The highest BCUT2D eigenvalue weighted by atomic mass is 79.9. The van der Waals surface area contributed by atoms with Crippen molar-refractivity contribution in [3.63, 3.8) is 0 Å². The highest BCUT2D eigenvalue weighted by molar-refractivity contribution is 9.10. The van der Waals surface area contributed by atoms with Crippen molar-refractivity contribution in [3.05, 3.63) is 32.8 Å². The van der Waals surface area contributed by atoms with Crippen molar-refractivity contribution in [3.8, 4) is 5.75 Å². The zero-order valence-corrected chi connectivity index (χ0v) is 10.9. The van der Waals surface area contributed by atoms with Crippen LogP contribution in [0.3, 0.4) is 0 Å². The molecule has 0 atom stereocenters. The van der Waals surface area contributed by atoms with Gasteiger partial charge in [-0.25, -0.2) is 0 Å². The number of nitro benzene ring substituents is 1. The number of benzene rings is 1. The van der Waals surface area contributed by atoms with Gasteiger partial charge in [0.2, 0.25) is 0 Å². The molecule has 94 valence electrons. The number of hydrogen-bond donors (Lipinski definition) is 1. The molecular weight excluding hydrogens is 290 g/mol. The number of aliphatic hydroxyl groups is 1. The third-order valence-electron chi connectivity index (χ3n) is 2.14. The highest BCUT2D eigenvalue weighted by Crippen LogP contribution is 2.26. The lowest BCUT2D eigenvalue weighted by Crippen LogP contribution is -1.99. The predicted octanol–water partition coefficient (Wildman–Crippen LogP) is 2.90. The van der Waals surface area contributed by atoms with Gasteiger partial charge >= 0.3 is 0 Å². The monoisotopic (exact) mass is 303 g/mol. The number of halogens is 1. The van der Waals surface area contributed by atoms with Gasteiger partial charge in [0, 0.05) is 17.1 Å². The van der Waals surface area contributed by atoms with Gasteiger partial charge in [0.25, 0.3) is 5.69 Å². The molecule has 5 nitrogen and oxygen atoms in total. The molecule has 6 heteroatoms. The Bertz CT molecular complexity index is 384. The summed E-state index contributed by atoms with van der Waals surface area (Å²) in [4.78, 5) is 10.2. The number of ether oxygens (including phenoxy) is 1. The molecule has 1 aromatic carbocycles. The number of nitro groups is 1.